The summed E-state index contributed by atoms with van der Waals surface area (Å²) in [6.45, 7) is 3.23. The second-order valence-electron chi connectivity index (χ2n) is 4.90. The topological polar surface area (TPSA) is 40.5 Å². The third-order valence-corrected chi connectivity index (χ3v) is 4.03. The lowest BCUT2D eigenvalue weighted by Gasteiger charge is -2.19. The van der Waals surface area contributed by atoms with Crippen molar-refractivity contribution in [2.24, 2.45) is 0 Å². The maximum atomic E-state index is 13.9. The fourth-order valence-electron chi connectivity index (χ4n) is 2.27. The van der Waals surface area contributed by atoms with E-state index >= 15 is 0 Å². The van der Waals surface area contributed by atoms with Crippen LogP contribution in [-0.4, -0.2) is 29.1 Å². The van der Waals surface area contributed by atoms with E-state index in [2.05, 4.69) is 0 Å². The molecule has 0 atom stereocenters. The molecular weight excluding hydrogens is 289 g/mol. The van der Waals surface area contributed by atoms with Gasteiger partial charge in [0.15, 0.2) is 0 Å². The number of aliphatic carboxylic acids is 1. The number of thiophene rings is 1. The van der Waals surface area contributed by atoms with Gasteiger partial charge in [0.25, 0.3) is 0 Å². The fraction of sp³-hybridized carbons (Fsp3) is 0.312. The first kappa shape index (κ1) is 15.7. The Hall–Kier alpha value is -1.72. The van der Waals surface area contributed by atoms with Gasteiger partial charge in [0.05, 0.1) is 6.54 Å². The van der Waals surface area contributed by atoms with Gasteiger partial charge in [-0.3, -0.25) is 9.69 Å². The Morgan fingerprint density at radius 1 is 1.38 bits per heavy atom. The molecule has 1 aromatic carbocycles. The smallest absolute Gasteiger partial charge is 0.317 e. The first-order chi connectivity index (χ1) is 10.1. The zero-order valence-corrected chi connectivity index (χ0v) is 12.7. The number of nitrogens with zero attached hydrogens (tertiary/aromatic N) is 1. The second kappa shape index (κ2) is 7.33. The number of carboxylic acid groups (broad SMARTS) is 1. The molecule has 0 unspecified atom stereocenters. The highest BCUT2D eigenvalue weighted by atomic mass is 32.1. The van der Waals surface area contributed by atoms with Gasteiger partial charge in [-0.2, -0.15) is 0 Å². The minimum absolute atomic E-state index is 0.000445. The fourth-order valence-corrected chi connectivity index (χ4v) is 3.02. The van der Waals surface area contributed by atoms with Gasteiger partial charge in [-0.1, -0.05) is 19.1 Å². The van der Waals surface area contributed by atoms with Crippen LogP contribution in [0.3, 0.4) is 0 Å². The van der Waals surface area contributed by atoms with Crippen LogP contribution >= 0.6 is 11.3 Å². The highest BCUT2D eigenvalue weighted by Gasteiger charge is 2.12. The largest absolute Gasteiger partial charge is 0.480 e. The lowest BCUT2D eigenvalue weighted by Crippen LogP contribution is -2.30. The Morgan fingerprint density at radius 3 is 2.81 bits per heavy atom. The maximum absolute atomic E-state index is 13.9. The van der Waals surface area contributed by atoms with E-state index in [1.54, 1.807) is 6.07 Å². The number of benzene rings is 1. The van der Waals surface area contributed by atoms with Gasteiger partial charge in [-0.25, -0.2) is 4.39 Å². The van der Waals surface area contributed by atoms with Crippen molar-refractivity contribution in [2.75, 3.05) is 13.1 Å². The highest BCUT2D eigenvalue weighted by molar-refractivity contribution is 7.13. The number of carboxylic acids is 1. The van der Waals surface area contributed by atoms with Crippen LogP contribution < -0.4 is 0 Å². The third-order valence-electron chi connectivity index (χ3n) is 3.12. The van der Waals surface area contributed by atoms with Gasteiger partial charge < -0.3 is 5.11 Å². The van der Waals surface area contributed by atoms with Crippen molar-refractivity contribution in [1.29, 1.82) is 0 Å². The minimum Gasteiger partial charge on any atom is -0.480 e. The van der Waals surface area contributed by atoms with Gasteiger partial charge >= 0.3 is 5.97 Å². The van der Waals surface area contributed by atoms with Crippen LogP contribution in [0.4, 0.5) is 4.39 Å². The van der Waals surface area contributed by atoms with E-state index in [0.29, 0.717) is 18.7 Å². The minimum atomic E-state index is -0.843. The SMILES string of the molecule is CCCN(CC(=O)O)Cc1ccc(F)c(-c2cccs2)c1. The van der Waals surface area contributed by atoms with Crippen LogP contribution in [0.15, 0.2) is 35.7 Å². The monoisotopic (exact) mass is 307 g/mol. The zero-order valence-electron chi connectivity index (χ0n) is 11.9. The van der Waals surface area contributed by atoms with E-state index in [9.17, 15) is 9.18 Å². The van der Waals surface area contributed by atoms with E-state index in [1.165, 1.54) is 17.4 Å². The Bertz CT molecular complexity index is 598. The van der Waals surface area contributed by atoms with Crippen molar-refractivity contribution >= 4 is 17.3 Å². The van der Waals surface area contributed by atoms with Gasteiger partial charge in [-0.05, 0) is 42.1 Å². The molecule has 2 rings (SSSR count). The Labute approximate surface area is 127 Å². The Morgan fingerprint density at radius 2 is 2.19 bits per heavy atom. The third kappa shape index (κ3) is 4.37. The number of rotatable bonds is 7. The summed E-state index contributed by atoms with van der Waals surface area (Å²) in [5, 5.41) is 10.8. The molecule has 3 nitrogen and oxygen atoms in total. The first-order valence-electron chi connectivity index (χ1n) is 6.86. The average Bonchev–Trinajstić information content (AvgIpc) is 2.94. The summed E-state index contributed by atoms with van der Waals surface area (Å²) in [6.07, 6.45) is 0.881. The summed E-state index contributed by atoms with van der Waals surface area (Å²) in [7, 11) is 0. The predicted octanol–water partition coefficient (Wildman–Crippen LogP) is 3.85. The summed E-state index contributed by atoms with van der Waals surface area (Å²) in [5.74, 6) is -1.09. The maximum Gasteiger partial charge on any atom is 0.317 e. The lowest BCUT2D eigenvalue weighted by atomic mass is 10.1. The number of hydrogen-bond donors (Lipinski definition) is 1. The van der Waals surface area contributed by atoms with Gasteiger partial charge in [0.2, 0.25) is 0 Å². The highest BCUT2D eigenvalue weighted by Crippen LogP contribution is 2.28. The molecule has 0 amide bonds. The molecule has 0 bridgehead atoms. The molecule has 1 heterocycles. The molecule has 0 saturated heterocycles. The van der Waals surface area contributed by atoms with Crippen molar-refractivity contribution in [2.45, 2.75) is 19.9 Å². The standard InChI is InChI=1S/C16H18FNO2S/c1-2-7-18(11-16(19)20)10-12-5-6-14(17)13(9-12)15-4-3-8-21-15/h3-6,8-9H,2,7,10-11H2,1H3,(H,19,20). The van der Waals surface area contributed by atoms with Crippen LogP contribution in [-0.2, 0) is 11.3 Å². The summed E-state index contributed by atoms with van der Waals surface area (Å²) in [4.78, 5) is 13.6. The van der Waals surface area contributed by atoms with Crippen molar-refractivity contribution in [3.63, 3.8) is 0 Å². The molecule has 0 saturated carbocycles. The van der Waals surface area contributed by atoms with Gasteiger partial charge in [0, 0.05) is 17.0 Å². The molecule has 0 aliphatic heterocycles. The van der Waals surface area contributed by atoms with E-state index < -0.39 is 5.97 Å². The van der Waals surface area contributed by atoms with Crippen LogP contribution in [0.2, 0.25) is 0 Å². The average molecular weight is 307 g/mol. The molecule has 112 valence electrons. The molecule has 0 spiro atoms. The zero-order chi connectivity index (χ0) is 15.2. The summed E-state index contributed by atoms with van der Waals surface area (Å²) in [5.41, 5.74) is 1.50. The molecule has 0 aliphatic rings. The molecule has 2 aromatic rings. The molecule has 0 radical (unpaired) electrons. The second-order valence-corrected chi connectivity index (χ2v) is 5.84. The van der Waals surface area contributed by atoms with Gasteiger partial charge in [-0.15, -0.1) is 11.3 Å². The van der Waals surface area contributed by atoms with Crippen molar-refractivity contribution in [3.8, 4) is 10.4 Å². The summed E-state index contributed by atoms with van der Waals surface area (Å²) >= 11 is 1.49. The molecule has 21 heavy (non-hydrogen) atoms. The van der Waals surface area contributed by atoms with E-state index in [-0.39, 0.29) is 12.4 Å². The lowest BCUT2D eigenvalue weighted by molar-refractivity contribution is -0.138. The number of hydrogen-bond acceptors (Lipinski definition) is 3. The Balaban J connectivity index is 2.20. The normalized spacial score (nSPS) is 11.0. The quantitative estimate of drug-likeness (QED) is 0.844. The molecule has 1 aromatic heterocycles. The molecular formula is C16H18FNO2S. The van der Waals surface area contributed by atoms with Gasteiger partial charge in [0.1, 0.15) is 5.82 Å². The number of halogens is 1. The predicted molar refractivity (Wildman–Crippen MR) is 82.9 cm³/mol. The van der Waals surface area contributed by atoms with Crippen molar-refractivity contribution < 1.29 is 14.3 Å². The van der Waals surface area contributed by atoms with E-state index in [0.717, 1.165) is 16.9 Å². The van der Waals surface area contributed by atoms with Crippen LogP contribution in [0.1, 0.15) is 18.9 Å². The van der Waals surface area contributed by atoms with E-state index in [4.69, 9.17) is 5.11 Å². The van der Waals surface area contributed by atoms with Crippen LogP contribution in [0.5, 0.6) is 0 Å². The molecule has 0 fully saturated rings. The van der Waals surface area contributed by atoms with Crippen LogP contribution in [0.25, 0.3) is 10.4 Å². The van der Waals surface area contributed by atoms with E-state index in [1.807, 2.05) is 35.4 Å². The first-order valence-corrected chi connectivity index (χ1v) is 7.74. The molecule has 5 heteroatoms. The molecule has 0 aliphatic carbocycles. The Kier molecular flexibility index (Phi) is 5.47. The van der Waals surface area contributed by atoms with Crippen molar-refractivity contribution in [1.82, 2.24) is 4.90 Å². The molecule has 1 N–H and O–H groups in total. The van der Waals surface area contributed by atoms with Crippen molar-refractivity contribution in [3.05, 3.63) is 47.1 Å². The van der Waals surface area contributed by atoms with Crippen LogP contribution in [0, 0.1) is 5.82 Å². The number of carbonyl (C=O) groups is 1. The summed E-state index contributed by atoms with van der Waals surface area (Å²) in [6, 6.07) is 8.76. The summed E-state index contributed by atoms with van der Waals surface area (Å²) < 4.78 is 13.9.